The predicted octanol–water partition coefficient (Wildman–Crippen LogP) is 3.33. The summed E-state index contributed by atoms with van der Waals surface area (Å²) >= 11 is 0. The van der Waals surface area contributed by atoms with Crippen LogP contribution in [0.4, 0.5) is 11.4 Å². The van der Waals surface area contributed by atoms with E-state index in [2.05, 4.69) is 50.5 Å². The van der Waals surface area contributed by atoms with Crippen LogP contribution in [-0.4, -0.2) is 81.6 Å². The Kier molecular flexibility index (Phi) is 9.31. The molecule has 14 heteroatoms. The van der Waals surface area contributed by atoms with Gasteiger partial charge in [0, 0.05) is 68.9 Å². The van der Waals surface area contributed by atoms with Gasteiger partial charge in [0.25, 0.3) is 11.8 Å². The monoisotopic (exact) mass is 719 g/mol. The number of amides is 3. The molecule has 1 atom stereocenters. The molecule has 3 amide bonds. The lowest BCUT2D eigenvalue weighted by atomic mass is 9.91. The fourth-order valence-electron chi connectivity index (χ4n) is 7.80. The zero-order valence-electron chi connectivity index (χ0n) is 30.5. The number of nitrogens with zero attached hydrogens (tertiary/aromatic N) is 6. The van der Waals surface area contributed by atoms with Crippen molar-refractivity contribution in [1.82, 2.24) is 35.2 Å². The predicted molar refractivity (Wildman–Crippen MR) is 202 cm³/mol. The third-order valence-electron chi connectivity index (χ3n) is 11.0. The molecule has 2 aromatic heterocycles. The number of hydrogen-bond donors (Lipinski definition) is 5. The molecule has 1 aromatic carbocycles. The lowest BCUT2D eigenvalue weighted by Crippen LogP contribution is -2.48. The highest BCUT2D eigenvalue weighted by molar-refractivity contribution is 5.97. The van der Waals surface area contributed by atoms with E-state index in [-0.39, 0.29) is 53.3 Å². The molecule has 2 aliphatic carbocycles. The van der Waals surface area contributed by atoms with Crippen molar-refractivity contribution in [3.05, 3.63) is 83.0 Å². The van der Waals surface area contributed by atoms with E-state index in [1.807, 2.05) is 41.4 Å². The molecule has 3 aliphatic heterocycles. The van der Waals surface area contributed by atoms with Crippen molar-refractivity contribution in [2.45, 2.75) is 76.5 Å². The van der Waals surface area contributed by atoms with Gasteiger partial charge in [-0.15, -0.1) is 0 Å². The van der Waals surface area contributed by atoms with Gasteiger partial charge in [0.1, 0.15) is 17.2 Å². The summed E-state index contributed by atoms with van der Waals surface area (Å²) in [5, 5.41) is 14.1. The lowest BCUT2D eigenvalue weighted by Gasteiger charge is -2.43. The standard InChI is InChI=1S/C39H49N11O3/c1-3-32-36-28(19-42-50(36)26-21-48(22-26)20-25-8-6-11-30(43-25)39(53)49-16-4-5-17-49)27-9-7-10-29(35(27)47(32)2)45-31(34(41)38(52)44-24-14-15-24)18-33(40)46-37(51)23-12-13-23/h6-11,18-19,23-24,26,32,45H,3-5,12-17,20-22,40-41H2,1-2H3,(H,44,52)(H,46,51)/b33-18+,34-31+. The molecule has 2 saturated heterocycles. The number of hydrogen-bond acceptors (Lipinski definition) is 10. The summed E-state index contributed by atoms with van der Waals surface area (Å²) in [6.45, 7) is 6.13. The van der Waals surface area contributed by atoms with Gasteiger partial charge < -0.3 is 37.2 Å². The zero-order valence-corrected chi connectivity index (χ0v) is 30.5. The summed E-state index contributed by atoms with van der Waals surface area (Å²) in [5.41, 5.74) is 19.5. The van der Waals surface area contributed by atoms with Crippen molar-refractivity contribution in [2.24, 2.45) is 17.4 Å². The Labute approximate surface area is 309 Å². The number of nitrogens with two attached hydrogens (primary N) is 2. The van der Waals surface area contributed by atoms with Crippen LogP contribution in [0.15, 0.2) is 65.9 Å². The molecule has 7 N–H and O–H groups in total. The molecule has 0 radical (unpaired) electrons. The van der Waals surface area contributed by atoms with Crippen LogP contribution >= 0.6 is 0 Å². The second-order valence-corrected chi connectivity index (χ2v) is 15.0. The fourth-order valence-corrected chi connectivity index (χ4v) is 7.80. The molecular weight excluding hydrogens is 671 g/mol. The summed E-state index contributed by atoms with van der Waals surface area (Å²) in [4.78, 5) is 49.8. The van der Waals surface area contributed by atoms with Crippen molar-refractivity contribution in [2.75, 3.05) is 43.4 Å². The smallest absolute Gasteiger partial charge is 0.272 e. The molecular formula is C39H49N11O3. The van der Waals surface area contributed by atoms with E-state index in [1.54, 1.807) is 0 Å². The van der Waals surface area contributed by atoms with Gasteiger partial charge in [-0.25, -0.2) is 4.98 Å². The Morgan fingerprint density at radius 1 is 0.981 bits per heavy atom. The molecule has 5 heterocycles. The minimum Gasteiger partial charge on any atom is -0.393 e. The molecule has 2 saturated carbocycles. The van der Waals surface area contributed by atoms with Gasteiger partial charge >= 0.3 is 0 Å². The number of carbonyl (C=O) groups excluding carboxylic acids is 3. The number of benzene rings is 1. The first-order valence-corrected chi connectivity index (χ1v) is 18.9. The van der Waals surface area contributed by atoms with E-state index in [0.717, 1.165) is 99.3 Å². The van der Waals surface area contributed by atoms with E-state index < -0.39 is 0 Å². The van der Waals surface area contributed by atoms with E-state index >= 15 is 0 Å². The quantitative estimate of drug-likeness (QED) is 0.138. The molecule has 4 fully saturated rings. The highest BCUT2D eigenvalue weighted by Crippen LogP contribution is 2.49. The number of para-hydroxylation sites is 1. The summed E-state index contributed by atoms with van der Waals surface area (Å²) in [6.07, 6.45) is 9.99. The molecule has 1 unspecified atom stereocenters. The Morgan fingerprint density at radius 2 is 1.74 bits per heavy atom. The molecule has 3 aromatic rings. The molecule has 14 nitrogen and oxygen atoms in total. The molecule has 5 aliphatic rings. The van der Waals surface area contributed by atoms with Crippen LogP contribution in [0.2, 0.25) is 0 Å². The number of nitrogens with one attached hydrogen (secondary N) is 3. The normalized spacial score (nSPS) is 20.6. The zero-order chi connectivity index (χ0) is 36.8. The lowest BCUT2D eigenvalue weighted by molar-refractivity contribution is -0.121. The number of fused-ring (bicyclic) bond motifs is 3. The minimum atomic E-state index is -0.380. The van der Waals surface area contributed by atoms with Crippen molar-refractivity contribution in [1.29, 1.82) is 0 Å². The largest absolute Gasteiger partial charge is 0.393 e. The number of aromatic nitrogens is 3. The number of carbonyl (C=O) groups is 3. The average Bonchev–Trinajstić information content (AvgIpc) is 4.06. The maximum atomic E-state index is 13.1. The van der Waals surface area contributed by atoms with Crippen molar-refractivity contribution >= 4 is 29.1 Å². The molecule has 0 spiro atoms. The molecule has 8 rings (SSSR count). The van der Waals surface area contributed by atoms with Crippen molar-refractivity contribution < 1.29 is 14.4 Å². The Hall–Kier alpha value is -5.37. The third-order valence-corrected chi connectivity index (χ3v) is 11.0. The molecule has 53 heavy (non-hydrogen) atoms. The van der Waals surface area contributed by atoms with Gasteiger partial charge in [-0.05, 0) is 63.1 Å². The summed E-state index contributed by atoms with van der Waals surface area (Å²) in [5.74, 6) is -0.392. The van der Waals surface area contributed by atoms with Gasteiger partial charge in [-0.3, -0.25) is 24.0 Å². The topological polar surface area (TPSA) is 180 Å². The van der Waals surface area contributed by atoms with E-state index in [9.17, 15) is 14.4 Å². The van der Waals surface area contributed by atoms with Crippen LogP contribution in [0, 0.1) is 5.92 Å². The second kappa shape index (κ2) is 14.2. The van der Waals surface area contributed by atoms with Crippen molar-refractivity contribution in [3.8, 4) is 11.1 Å². The van der Waals surface area contributed by atoms with Crippen LogP contribution < -0.4 is 32.3 Å². The highest BCUT2D eigenvalue weighted by Gasteiger charge is 2.38. The van der Waals surface area contributed by atoms with Crippen LogP contribution in [0.1, 0.15) is 85.8 Å². The average molecular weight is 720 g/mol. The maximum Gasteiger partial charge on any atom is 0.272 e. The number of rotatable bonds is 12. The third kappa shape index (κ3) is 7.07. The maximum absolute atomic E-state index is 13.1. The Balaban J connectivity index is 1.03. The number of allylic oxidation sites excluding steroid dienone is 1. The van der Waals surface area contributed by atoms with Crippen LogP contribution in [0.3, 0.4) is 0 Å². The molecule has 0 bridgehead atoms. The van der Waals surface area contributed by atoms with Crippen LogP contribution in [-0.2, 0) is 16.1 Å². The first kappa shape index (κ1) is 34.7. The first-order chi connectivity index (χ1) is 25.7. The van der Waals surface area contributed by atoms with E-state index in [1.165, 1.54) is 11.8 Å². The van der Waals surface area contributed by atoms with Gasteiger partial charge in [0.2, 0.25) is 5.91 Å². The summed E-state index contributed by atoms with van der Waals surface area (Å²) < 4.78 is 2.19. The summed E-state index contributed by atoms with van der Waals surface area (Å²) in [7, 11) is 2.08. The Morgan fingerprint density at radius 3 is 2.45 bits per heavy atom. The fraction of sp³-hybridized carbons (Fsp3) is 0.462. The van der Waals surface area contributed by atoms with Crippen molar-refractivity contribution in [3.63, 3.8) is 0 Å². The van der Waals surface area contributed by atoms with Gasteiger partial charge in [0.05, 0.1) is 46.7 Å². The van der Waals surface area contributed by atoms with Gasteiger partial charge in [0.15, 0.2) is 0 Å². The summed E-state index contributed by atoms with van der Waals surface area (Å²) in [6, 6.07) is 12.1. The van der Waals surface area contributed by atoms with Gasteiger partial charge in [-0.2, -0.15) is 5.10 Å². The highest BCUT2D eigenvalue weighted by atomic mass is 16.2. The number of anilines is 2. The van der Waals surface area contributed by atoms with E-state index in [0.29, 0.717) is 17.9 Å². The Bertz CT molecular complexity index is 1980. The van der Waals surface area contributed by atoms with Crippen LogP contribution in [0.25, 0.3) is 11.1 Å². The SMILES string of the molecule is CCC1c2c(cnn2C2CN(Cc3cccc(C(=O)N4CCCC4)n3)C2)-c2cccc(NC(/C=C(\N)NC(=O)C3CC3)=C(/N)C(=O)NC3CC3)c2N1C. The van der Waals surface area contributed by atoms with Gasteiger partial charge in [-0.1, -0.05) is 25.1 Å². The number of pyridine rings is 1. The minimum absolute atomic E-state index is 0.00760. The molecule has 278 valence electrons. The second-order valence-electron chi connectivity index (χ2n) is 15.0. The van der Waals surface area contributed by atoms with E-state index in [4.69, 9.17) is 21.5 Å². The van der Waals surface area contributed by atoms with Crippen LogP contribution in [0.5, 0.6) is 0 Å². The first-order valence-electron chi connectivity index (χ1n) is 18.9. The number of likely N-dealkylation sites (tertiary alicyclic amines) is 2.